The SMILES string of the molecule is S=C(NCCn1cc(Cl)cn1)Nc1cc(Cl)ccc1Cl. The van der Waals surface area contributed by atoms with Gasteiger partial charge in [-0.2, -0.15) is 5.10 Å². The molecule has 0 spiro atoms. The van der Waals surface area contributed by atoms with Gasteiger partial charge in [0.2, 0.25) is 0 Å². The lowest BCUT2D eigenvalue weighted by atomic mass is 10.3. The number of hydrogen-bond donors (Lipinski definition) is 2. The Morgan fingerprint density at radius 2 is 2.05 bits per heavy atom. The number of hydrogen-bond acceptors (Lipinski definition) is 2. The molecule has 2 N–H and O–H groups in total. The van der Waals surface area contributed by atoms with Crippen LogP contribution in [0.4, 0.5) is 5.69 Å². The molecule has 8 heteroatoms. The van der Waals surface area contributed by atoms with Gasteiger partial charge in [-0.3, -0.25) is 4.68 Å². The Kier molecular flexibility index (Phi) is 5.48. The lowest BCUT2D eigenvalue weighted by Gasteiger charge is -2.12. The summed E-state index contributed by atoms with van der Waals surface area (Å²) in [6.07, 6.45) is 3.33. The summed E-state index contributed by atoms with van der Waals surface area (Å²) >= 11 is 22.9. The van der Waals surface area contributed by atoms with Gasteiger partial charge in [0.25, 0.3) is 0 Å². The molecule has 2 aromatic rings. The molecule has 0 bridgehead atoms. The maximum absolute atomic E-state index is 6.04. The summed E-state index contributed by atoms with van der Waals surface area (Å²) in [6.45, 7) is 1.26. The van der Waals surface area contributed by atoms with Gasteiger partial charge in [0.15, 0.2) is 5.11 Å². The second kappa shape index (κ2) is 7.13. The van der Waals surface area contributed by atoms with Crippen molar-refractivity contribution in [3.05, 3.63) is 45.7 Å². The monoisotopic (exact) mass is 348 g/mol. The van der Waals surface area contributed by atoms with Crippen LogP contribution in [0, 0.1) is 0 Å². The van der Waals surface area contributed by atoms with Crippen molar-refractivity contribution in [1.82, 2.24) is 15.1 Å². The van der Waals surface area contributed by atoms with Crippen molar-refractivity contribution in [1.29, 1.82) is 0 Å². The minimum Gasteiger partial charge on any atom is -0.361 e. The molecule has 20 heavy (non-hydrogen) atoms. The van der Waals surface area contributed by atoms with Gasteiger partial charge < -0.3 is 10.6 Å². The third-order valence-corrected chi connectivity index (χ3v) is 3.41. The molecular formula is C12H11Cl3N4S. The van der Waals surface area contributed by atoms with E-state index in [1.807, 2.05) is 0 Å². The molecule has 0 atom stereocenters. The van der Waals surface area contributed by atoms with Crippen LogP contribution in [-0.4, -0.2) is 21.4 Å². The Labute approximate surface area is 137 Å². The first kappa shape index (κ1) is 15.4. The zero-order valence-corrected chi connectivity index (χ0v) is 13.3. The van der Waals surface area contributed by atoms with Crippen molar-refractivity contribution in [3.8, 4) is 0 Å². The van der Waals surface area contributed by atoms with Crippen LogP contribution in [-0.2, 0) is 6.54 Å². The Morgan fingerprint density at radius 1 is 1.25 bits per heavy atom. The highest BCUT2D eigenvalue weighted by molar-refractivity contribution is 7.80. The third-order valence-electron chi connectivity index (χ3n) is 2.40. The number of benzene rings is 1. The van der Waals surface area contributed by atoms with E-state index in [1.54, 1.807) is 35.3 Å². The van der Waals surface area contributed by atoms with Crippen LogP contribution in [0.15, 0.2) is 30.6 Å². The molecule has 0 aliphatic carbocycles. The van der Waals surface area contributed by atoms with Gasteiger partial charge in [-0.25, -0.2) is 0 Å². The molecule has 4 nitrogen and oxygen atoms in total. The molecule has 0 aliphatic heterocycles. The molecule has 0 aliphatic rings. The fourth-order valence-electron chi connectivity index (χ4n) is 1.50. The first-order valence-corrected chi connectivity index (χ1v) is 7.26. The summed E-state index contributed by atoms with van der Waals surface area (Å²) in [5, 5.41) is 12.3. The molecule has 1 aromatic heterocycles. The van der Waals surface area contributed by atoms with Crippen LogP contribution < -0.4 is 10.6 Å². The van der Waals surface area contributed by atoms with E-state index in [2.05, 4.69) is 15.7 Å². The number of rotatable bonds is 4. The van der Waals surface area contributed by atoms with Crippen molar-refractivity contribution in [2.24, 2.45) is 0 Å². The highest BCUT2D eigenvalue weighted by atomic mass is 35.5. The van der Waals surface area contributed by atoms with Crippen LogP contribution in [0.25, 0.3) is 0 Å². The van der Waals surface area contributed by atoms with E-state index in [1.165, 1.54) is 0 Å². The largest absolute Gasteiger partial charge is 0.361 e. The van der Waals surface area contributed by atoms with Crippen LogP contribution in [0.5, 0.6) is 0 Å². The Morgan fingerprint density at radius 3 is 2.75 bits per heavy atom. The fourth-order valence-corrected chi connectivity index (χ4v) is 2.21. The fraction of sp³-hybridized carbons (Fsp3) is 0.167. The molecule has 0 amide bonds. The van der Waals surface area contributed by atoms with Crippen molar-refractivity contribution in [2.75, 3.05) is 11.9 Å². The number of aromatic nitrogens is 2. The average molecular weight is 350 g/mol. The third kappa shape index (κ3) is 4.52. The summed E-state index contributed by atoms with van der Waals surface area (Å²) in [5.41, 5.74) is 0.666. The standard InChI is InChI=1S/C12H11Cl3N4S/c13-8-1-2-10(15)11(5-8)18-12(20)16-3-4-19-7-9(14)6-17-19/h1-2,5-7H,3-4H2,(H2,16,18,20). The Balaban J connectivity index is 1.82. The van der Waals surface area contributed by atoms with Crippen LogP contribution in [0.2, 0.25) is 15.1 Å². The molecule has 106 valence electrons. The normalized spacial score (nSPS) is 10.3. The molecule has 0 radical (unpaired) electrons. The van der Waals surface area contributed by atoms with Crippen LogP contribution >= 0.6 is 47.0 Å². The minimum atomic E-state index is 0.465. The molecule has 0 unspecified atom stereocenters. The van der Waals surface area contributed by atoms with E-state index < -0.39 is 0 Å². The number of thiocarbonyl (C=S) groups is 1. The van der Waals surface area contributed by atoms with Gasteiger partial charge in [-0.15, -0.1) is 0 Å². The zero-order valence-electron chi connectivity index (χ0n) is 10.2. The summed E-state index contributed by atoms with van der Waals surface area (Å²) in [6, 6.07) is 5.14. The van der Waals surface area contributed by atoms with Gasteiger partial charge in [-0.05, 0) is 30.4 Å². The van der Waals surface area contributed by atoms with Gasteiger partial charge in [0.05, 0.1) is 28.5 Å². The van der Waals surface area contributed by atoms with Crippen LogP contribution in [0.1, 0.15) is 0 Å². The smallest absolute Gasteiger partial charge is 0.170 e. The Hall–Kier alpha value is -1.01. The van der Waals surface area contributed by atoms with E-state index in [0.29, 0.717) is 39.0 Å². The molecule has 1 heterocycles. The van der Waals surface area contributed by atoms with Gasteiger partial charge in [0.1, 0.15) is 0 Å². The molecule has 2 rings (SSSR count). The summed E-state index contributed by atoms with van der Waals surface area (Å²) < 4.78 is 1.73. The maximum atomic E-state index is 6.04. The maximum Gasteiger partial charge on any atom is 0.170 e. The van der Waals surface area contributed by atoms with Crippen molar-refractivity contribution in [3.63, 3.8) is 0 Å². The lowest BCUT2D eigenvalue weighted by Crippen LogP contribution is -2.31. The number of nitrogens with one attached hydrogen (secondary N) is 2. The van der Waals surface area contributed by atoms with Gasteiger partial charge in [0, 0.05) is 17.8 Å². The topological polar surface area (TPSA) is 41.9 Å². The van der Waals surface area contributed by atoms with Gasteiger partial charge in [-0.1, -0.05) is 34.8 Å². The molecule has 0 fully saturated rings. The molecule has 0 saturated carbocycles. The predicted molar refractivity (Wildman–Crippen MR) is 87.9 cm³/mol. The number of anilines is 1. The Bertz CT molecular complexity index is 614. The quantitative estimate of drug-likeness (QED) is 0.823. The molecule has 0 saturated heterocycles. The predicted octanol–water partition coefficient (Wildman–Crippen LogP) is 3.83. The average Bonchev–Trinajstić information content (AvgIpc) is 2.80. The second-order valence-electron chi connectivity index (χ2n) is 3.93. The van der Waals surface area contributed by atoms with E-state index in [-0.39, 0.29) is 0 Å². The first-order valence-electron chi connectivity index (χ1n) is 5.72. The van der Waals surface area contributed by atoms with Crippen LogP contribution in [0.3, 0.4) is 0 Å². The number of nitrogens with zero attached hydrogens (tertiary/aromatic N) is 2. The zero-order chi connectivity index (χ0) is 14.5. The van der Waals surface area contributed by atoms with Crippen molar-refractivity contribution in [2.45, 2.75) is 6.54 Å². The number of halogens is 3. The molecular weight excluding hydrogens is 339 g/mol. The summed E-state index contributed by atoms with van der Waals surface area (Å²) in [5.74, 6) is 0. The highest BCUT2D eigenvalue weighted by Crippen LogP contribution is 2.25. The second-order valence-corrected chi connectivity index (χ2v) is 5.62. The van der Waals surface area contributed by atoms with Crippen molar-refractivity contribution < 1.29 is 0 Å². The summed E-state index contributed by atoms with van der Waals surface area (Å²) in [4.78, 5) is 0. The minimum absolute atomic E-state index is 0.465. The molecule has 1 aromatic carbocycles. The first-order chi connectivity index (χ1) is 9.54. The summed E-state index contributed by atoms with van der Waals surface area (Å²) in [7, 11) is 0. The van der Waals surface area contributed by atoms with E-state index in [4.69, 9.17) is 47.0 Å². The van der Waals surface area contributed by atoms with Gasteiger partial charge >= 0.3 is 0 Å². The van der Waals surface area contributed by atoms with E-state index >= 15 is 0 Å². The van der Waals surface area contributed by atoms with E-state index in [9.17, 15) is 0 Å². The van der Waals surface area contributed by atoms with E-state index in [0.717, 1.165) is 0 Å². The lowest BCUT2D eigenvalue weighted by molar-refractivity contribution is 0.604. The highest BCUT2D eigenvalue weighted by Gasteiger charge is 2.03. The van der Waals surface area contributed by atoms with Crippen molar-refractivity contribution >= 4 is 57.8 Å².